The number of rotatable bonds is 3. The van der Waals surface area contributed by atoms with E-state index in [0.29, 0.717) is 11.4 Å². The zero-order valence-corrected chi connectivity index (χ0v) is 13.1. The molecule has 18 heavy (non-hydrogen) atoms. The first-order valence-electron chi connectivity index (χ1n) is 4.90. The van der Waals surface area contributed by atoms with Gasteiger partial charge < -0.3 is 5.73 Å². The summed E-state index contributed by atoms with van der Waals surface area (Å²) in [6, 6.07) is 7.07. The molecule has 96 valence electrons. The first kappa shape index (κ1) is 13.6. The summed E-state index contributed by atoms with van der Waals surface area (Å²) in [6.07, 6.45) is 0. The molecule has 2 rings (SSSR count). The van der Waals surface area contributed by atoms with Gasteiger partial charge in [0.1, 0.15) is 0 Å². The minimum atomic E-state index is -3.61. The molecule has 8 heteroatoms. The number of aromatic nitrogens is 1. The topological polar surface area (TPSA) is 85.1 Å². The Hall–Kier alpha value is -0.870. The number of halogens is 1. The van der Waals surface area contributed by atoms with Crippen LogP contribution in [0.1, 0.15) is 5.69 Å². The van der Waals surface area contributed by atoms with Gasteiger partial charge >= 0.3 is 0 Å². The molecule has 0 spiro atoms. The Morgan fingerprint density at radius 1 is 1.33 bits per heavy atom. The molecule has 0 amide bonds. The summed E-state index contributed by atoms with van der Waals surface area (Å²) in [4.78, 5) is 3.91. The molecule has 0 aliphatic carbocycles. The Labute approximate surface area is 123 Å². The number of hydrogen-bond acceptors (Lipinski definition) is 5. The highest BCUT2D eigenvalue weighted by Crippen LogP contribution is 2.27. The first-order chi connectivity index (χ1) is 8.38. The van der Waals surface area contributed by atoms with Gasteiger partial charge in [-0.25, -0.2) is 13.4 Å². The van der Waals surface area contributed by atoms with Gasteiger partial charge in [-0.05, 0) is 53.8 Å². The number of nitrogens with one attached hydrogen (secondary N) is 1. The molecule has 0 atom stereocenters. The Bertz CT molecular complexity index is 665. The monoisotopic (exact) mass is 395 g/mol. The molecular formula is C10H10IN3O2S2. The lowest BCUT2D eigenvalue weighted by Gasteiger charge is -2.06. The Morgan fingerprint density at radius 2 is 1.94 bits per heavy atom. The molecule has 1 aromatic heterocycles. The molecule has 5 nitrogen and oxygen atoms in total. The highest BCUT2D eigenvalue weighted by atomic mass is 127. The number of benzene rings is 1. The van der Waals surface area contributed by atoms with Crippen LogP contribution in [0, 0.1) is 10.5 Å². The predicted molar refractivity (Wildman–Crippen MR) is 81.2 cm³/mol. The molecule has 0 saturated carbocycles. The lowest BCUT2D eigenvalue weighted by Crippen LogP contribution is -2.12. The minimum absolute atomic E-state index is 0.151. The SMILES string of the molecule is Cc1nc(N)sc1S(=O)(=O)Nc1ccc(I)cc1. The summed E-state index contributed by atoms with van der Waals surface area (Å²) < 4.78 is 27.9. The third kappa shape index (κ3) is 2.93. The first-order valence-corrected chi connectivity index (χ1v) is 8.27. The number of nitrogens with two attached hydrogens (primary N) is 1. The van der Waals surface area contributed by atoms with Crippen LogP contribution in [-0.4, -0.2) is 13.4 Å². The normalized spacial score (nSPS) is 11.4. The van der Waals surface area contributed by atoms with E-state index in [0.717, 1.165) is 14.9 Å². The maximum atomic E-state index is 12.1. The third-order valence-electron chi connectivity index (χ3n) is 2.11. The molecule has 0 aliphatic heterocycles. The molecule has 0 saturated heterocycles. The van der Waals surface area contributed by atoms with Gasteiger partial charge in [0.2, 0.25) is 0 Å². The Balaban J connectivity index is 2.33. The predicted octanol–water partition coefficient (Wildman–Crippen LogP) is 2.44. The van der Waals surface area contributed by atoms with Crippen molar-refractivity contribution in [3.63, 3.8) is 0 Å². The van der Waals surface area contributed by atoms with E-state index in [9.17, 15) is 8.42 Å². The summed E-state index contributed by atoms with van der Waals surface area (Å²) in [6.45, 7) is 1.62. The summed E-state index contributed by atoms with van der Waals surface area (Å²) in [7, 11) is -3.61. The zero-order valence-electron chi connectivity index (χ0n) is 9.34. The van der Waals surface area contributed by atoms with Crippen molar-refractivity contribution in [1.29, 1.82) is 0 Å². The van der Waals surface area contributed by atoms with Crippen LogP contribution in [-0.2, 0) is 10.0 Å². The van der Waals surface area contributed by atoms with E-state index in [2.05, 4.69) is 32.3 Å². The maximum absolute atomic E-state index is 12.1. The number of aryl methyl sites for hydroxylation is 1. The highest BCUT2D eigenvalue weighted by molar-refractivity contribution is 14.1. The lowest BCUT2D eigenvalue weighted by atomic mass is 10.3. The van der Waals surface area contributed by atoms with Crippen LogP contribution in [0.3, 0.4) is 0 Å². The minimum Gasteiger partial charge on any atom is -0.375 e. The van der Waals surface area contributed by atoms with Gasteiger partial charge in [-0.1, -0.05) is 11.3 Å². The molecule has 3 N–H and O–H groups in total. The number of thiazole rings is 1. The maximum Gasteiger partial charge on any atom is 0.273 e. The lowest BCUT2D eigenvalue weighted by molar-refractivity contribution is 0.602. The van der Waals surface area contributed by atoms with Crippen LogP contribution < -0.4 is 10.5 Å². The van der Waals surface area contributed by atoms with Gasteiger partial charge in [0.15, 0.2) is 9.34 Å². The molecule has 0 radical (unpaired) electrons. The van der Waals surface area contributed by atoms with Crippen LogP contribution in [0.15, 0.2) is 28.5 Å². The van der Waals surface area contributed by atoms with E-state index in [1.807, 2.05) is 12.1 Å². The zero-order chi connectivity index (χ0) is 13.3. The fourth-order valence-corrected chi connectivity index (χ4v) is 4.09. The van der Waals surface area contributed by atoms with Crippen molar-refractivity contribution in [2.45, 2.75) is 11.1 Å². The van der Waals surface area contributed by atoms with Crippen LogP contribution in [0.2, 0.25) is 0 Å². The molecular weight excluding hydrogens is 385 g/mol. The number of nitrogen functional groups attached to an aromatic ring is 1. The molecule has 0 aliphatic rings. The highest BCUT2D eigenvalue weighted by Gasteiger charge is 2.21. The van der Waals surface area contributed by atoms with Crippen LogP contribution in [0.4, 0.5) is 10.8 Å². The molecule has 1 heterocycles. The van der Waals surface area contributed by atoms with Gasteiger partial charge in [-0.3, -0.25) is 4.72 Å². The Kier molecular flexibility index (Phi) is 3.78. The summed E-state index contributed by atoms with van der Waals surface area (Å²) in [5, 5.41) is 0.246. The van der Waals surface area contributed by atoms with E-state index in [1.54, 1.807) is 19.1 Å². The summed E-state index contributed by atoms with van der Waals surface area (Å²) >= 11 is 3.11. The van der Waals surface area contributed by atoms with Crippen molar-refractivity contribution in [2.24, 2.45) is 0 Å². The van der Waals surface area contributed by atoms with Crippen LogP contribution in [0.5, 0.6) is 0 Å². The Morgan fingerprint density at radius 3 is 2.44 bits per heavy atom. The second-order valence-corrected chi connectivity index (χ2v) is 7.69. The summed E-state index contributed by atoms with van der Waals surface area (Å²) in [5.41, 5.74) is 6.43. The van der Waals surface area contributed by atoms with E-state index >= 15 is 0 Å². The van der Waals surface area contributed by atoms with E-state index < -0.39 is 10.0 Å². The van der Waals surface area contributed by atoms with E-state index in [4.69, 9.17) is 5.73 Å². The third-order valence-corrected chi connectivity index (χ3v) is 5.81. The molecule has 0 bridgehead atoms. The van der Waals surface area contributed by atoms with Crippen molar-refractivity contribution >= 4 is 54.8 Å². The molecule has 1 aromatic carbocycles. The second kappa shape index (κ2) is 5.02. The summed E-state index contributed by atoms with van der Waals surface area (Å²) in [5.74, 6) is 0. The van der Waals surface area contributed by atoms with E-state index in [-0.39, 0.29) is 9.34 Å². The van der Waals surface area contributed by atoms with Gasteiger partial charge in [0.05, 0.1) is 5.69 Å². The van der Waals surface area contributed by atoms with Crippen molar-refractivity contribution < 1.29 is 8.42 Å². The molecule has 0 fully saturated rings. The molecule has 2 aromatic rings. The average Bonchev–Trinajstić information content (AvgIpc) is 2.62. The van der Waals surface area contributed by atoms with Crippen molar-refractivity contribution in [3.05, 3.63) is 33.5 Å². The van der Waals surface area contributed by atoms with Crippen LogP contribution in [0.25, 0.3) is 0 Å². The van der Waals surface area contributed by atoms with E-state index in [1.165, 1.54) is 0 Å². The quantitative estimate of drug-likeness (QED) is 0.782. The van der Waals surface area contributed by atoms with Gasteiger partial charge in [0.25, 0.3) is 10.0 Å². The van der Waals surface area contributed by atoms with Gasteiger partial charge in [0, 0.05) is 9.26 Å². The van der Waals surface area contributed by atoms with Gasteiger partial charge in [-0.15, -0.1) is 0 Å². The second-order valence-electron chi connectivity index (χ2n) is 3.54. The standard InChI is InChI=1S/C10H10IN3O2S2/c1-6-9(17-10(12)13-6)18(15,16)14-8-4-2-7(11)3-5-8/h2-5,14H,1H3,(H2,12,13). The fraction of sp³-hybridized carbons (Fsp3) is 0.100. The molecule has 0 unspecified atom stereocenters. The van der Waals surface area contributed by atoms with Crippen LogP contribution >= 0.6 is 33.9 Å². The van der Waals surface area contributed by atoms with Crippen molar-refractivity contribution in [2.75, 3.05) is 10.5 Å². The number of anilines is 2. The number of sulfonamides is 1. The smallest absolute Gasteiger partial charge is 0.273 e. The average molecular weight is 395 g/mol. The van der Waals surface area contributed by atoms with Gasteiger partial charge in [-0.2, -0.15) is 0 Å². The largest absolute Gasteiger partial charge is 0.375 e. The van der Waals surface area contributed by atoms with Crippen molar-refractivity contribution in [1.82, 2.24) is 4.98 Å². The number of hydrogen-bond donors (Lipinski definition) is 2. The number of nitrogens with zero attached hydrogens (tertiary/aromatic N) is 1. The fourth-order valence-electron chi connectivity index (χ4n) is 1.37. The van der Waals surface area contributed by atoms with Crippen molar-refractivity contribution in [3.8, 4) is 0 Å².